The van der Waals surface area contributed by atoms with Crippen LogP contribution in [0.3, 0.4) is 0 Å². The highest BCUT2D eigenvalue weighted by Gasteiger charge is 2.17. The summed E-state index contributed by atoms with van der Waals surface area (Å²) in [5.74, 6) is 0.0775. The van der Waals surface area contributed by atoms with Gasteiger partial charge < -0.3 is 10.6 Å². The van der Waals surface area contributed by atoms with Crippen LogP contribution in [0, 0.1) is 0 Å². The summed E-state index contributed by atoms with van der Waals surface area (Å²) in [5, 5.41) is 6.22. The molecule has 2 N–H and O–H groups in total. The Morgan fingerprint density at radius 2 is 2.08 bits per heavy atom. The smallest absolute Gasteiger partial charge is 0.247 e. The average Bonchev–Trinajstić information content (AvgIpc) is 2.55. The molecule has 1 saturated heterocycles. The standard InChI is InChI=1S/C10H18N2O/c1-7(2)8(3)10(13)12-9-4-5-11-6-9/h9,11H,4-6H2,1-3H3,(H,12,13). The molecule has 74 valence electrons. The lowest BCUT2D eigenvalue weighted by Crippen LogP contribution is -2.36. The fraction of sp³-hybridized carbons (Fsp3) is 0.700. The van der Waals surface area contributed by atoms with Crippen molar-refractivity contribution in [1.29, 1.82) is 0 Å². The molecular weight excluding hydrogens is 164 g/mol. The maximum absolute atomic E-state index is 11.5. The molecule has 3 nitrogen and oxygen atoms in total. The number of amides is 1. The molecule has 0 saturated carbocycles. The number of carbonyl (C=O) groups is 1. The van der Waals surface area contributed by atoms with E-state index in [1.165, 1.54) is 0 Å². The Kier molecular flexibility index (Phi) is 3.48. The number of nitrogens with one attached hydrogen (secondary N) is 2. The van der Waals surface area contributed by atoms with Gasteiger partial charge in [-0.2, -0.15) is 0 Å². The lowest BCUT2D eigenvalue weighted by molar-refractivity contribution is -0.118. The molecule has 1 fully saturated rings. The Labute approximate surface area is 79.6 Å². The highest BCUT2D eigenvalue weighted by atomic mass is 16.1. The van der Waals surface area contributed by atoms with Gasteiger partial charge in [0.25, 0.3) is 0 Å². The largest absolute Gasteiger partial charge is 0.348 e. The molecule has 1 amide bonds. The molecule has 0 aromatic heterocycles. The molecule has 1 aliphatic heterocycles. The minimum atomic E-state index is 0.0775. The Balaban J connectivity index is 2.45. The number of allylic oxidation sites excluding steroid dienone is 1. The van der Waals surface area contributed by atoms with Crippen LogP contribution in [0.25, 0.3) is 0 Å². The number of rotatable bonds is 2. The molecule has 1 atom stereocenters. The van der Waals surface area contributed by atoms with Gasteiger partial charge in [0.15, 0.2) is 0 Å². The van der Waals surface area contributed by atoms with Gasteiger partial charge in [0.2, 0.25) is 5.91 Å². The van der Waals surface area contributed by atoms with Crippen LogP contribution in [0.2, 0.25) is 0 Å². The van der Waals surface area contributed by atoms with Gasteiger partial charge in [-0.3, -0.25) is 4.79 Å². The molecule has 0 bridgehead atoms. The summed E-state index contributed by atoms with van der Waals surface area (Å²) in [6.45, 7) is 7.71. The summed E-state index contributed by atoms with van der Waals surface area (Å²) in [7, 11) is 0. The number of carbonyl (C=O) groups excluding carboxylic acids is 1. The average molecular weight is 182 g/mol. The van der Waals surface area contributed by atoms with Crippen LogP contribution < -0.4 is 10.6 Å². The molecule has 1 heterocycles. The molecule has 0 radical (unpaired) electrons. The number of hydrogen-bond donors (Lipinski definition) is 2. The third kappa shape index (κ3) is 2.84. The Morgan fingerprint density at radius 1 is 1.38 bits per heavy atom. The Morgan fingerprint density at radius 3 is 2.54 bits per heavy atom. The van der Waals surface area contributed by atoms with E-state index in [1.807, 2.05) is 20.8 Å². The Bertz CT molecular complexity index is 223. The third-order valence-electron chi connectivity index (χ3n) is 2.49. The second kappa shape index (κ2) is 4.42. The van der Waals surface area contributed by atoms with Crippen LogP contribution in [0.4, 0.5) is 0 Å². The van der Waals surface area contributed by atoms with Gasteiger partial charge >= 0.3 is 0 Å². The highest BCUT2D eigenvalue weighted by molar-refractivity contribution is 5.93. The van der Waals surface area contributed by atoms with Crippen LogP contribution >= 0.6 is 0 Å². The van der Waals surface area contributed by atoms with E-state index >= 15 is 0 Å². The molecule has 3 heteroatoms. The van der Waals surface area contributed by atoms with E-state index in [9.17, 15) is 4.79 Å². The lowest BCUT2D eigenvalue weighted by atomic mass is 10.1. The van der Waals surface area contributed by atoms with Crippen LogP contribution in [0.15, 0.2) is 11.1 Å². The van der Waals surface area contributed by atoms with Crippen molar-refractivity contribution >= 4 is 5.91 Å². The first-order valence-corrected chi connectivity index (χ1v) is 4.77. The predicted molar refractivity (Wildman–Crippen MR) is 53.5 cm³/mol. The molecule has 0 aromatic rings. The van der Waals surface area contributed by atoms with Gasteiger partial charge in [0.1, 0.15) is 0 Å². The minimum absolute atomic E-state index is 0.0775. The summed E-state index contributed by atoms with van der Waals surface area (Å²) in [4.78, 5) is 11.5. The molecule has 0 aromatic carbocycles. The monoisotopic (exact) mass is 182 g/mol. The fourth-order valence-corrected chi connectivity index (χ4v) is 1.30. The Hall–Kier alpha value is -0.830. The summed E-state index contributed by atoms with van der Waals surface area (Å²) in [6, 6.07) is 0.321. The van der Waals surface area contributed by atoms with Gasteiger partial charge in [-0.05, 0) is 33.7 Å². The normalized spacial score (nSPS) is 21.3. The summed E-state index contributed by atoms with van der Waals surface area (Å²) in [6.07, 6.45) is 1.04. The van der Waals surface area contributed by atoms with Crippen molar-refractivity contribution in [2.24, 2.45) is 0 Å². The van der Waals surface area contributed by atoms with Crippen LogP contribution in [0.5, 0.6) is 0 Å². The molecular formula is C10H18N2O. The van der Waals surface area contributed by atoms with Crippen molar-refractivity contribution in [3.8, 4) is 0 Å². The van der Waals surface area contributed by atoms with Crippen molar-refractivity contribution in [3.63, 3.8) is 0 Å². The van der Waals surface area contributed by atoms with Gasteiger partial charge in [-0.1, -0.05) is 5.57 Å². The van der Waals surface area contributed by atoms with E-state index in [2.05, 4.69) is 10.6 Å². The highest BCUT2D eigenvalue weighted by Crippen LogP contribution is 2.04. The van der Waals surface area contributed by atoms with Gasteiger partial charge in [-0.15, -0.1) is 0 Å². The first kappa shape index (κ1) is 10.3. The second-order valence-corrected chi connectivity index (χ2v) is 3.79. The maximum Gasteiger partial charge on any atom is 0.247 e. The van der Waals surface area contributed by atoms with E-state index in [1.54, 1.807) is 0 Å². The first-order chi connectivity index (χ1) is 6.11. The van der Waals surface area contributed by atoms with Crippen molar-refractivity contribution in [2.75, 3.05) is 13.1 Å². The summed E-state index contributed by atoms with van der Waals surface area (Å²) in [5.41, 5.74) is 1.93. The van der Waals surface area contributed by atoms with Gasteiger partial charge in [0.05, 0.1) is 0 Å². The second-order valence-electron chi connectivity index (χ2n) is 3.79. The molecule has 0 spiro atoms. The molecule has 1 aliphatic rings. The fourth-order valence-electron chi connectivity index (χ4n) is 1.30. The molecule has 0 aliphatic carbocycles. The van der Waals surface area contributed by atoms with Crippen molar-refractivity contribution in [1.82, 2.24) is 10.6 Å². The van der Waals surface area contributed by atoms with Crippen molar-refractivity contribution < 1.29 is 4.79 Å². The zero-order valence-electron chi connectivity index (χ0n) is 8.61. The zero-order valence-corrected chi connectivity index (χ0v) is 8.61. The van der Waals surface area contributed by atoms with E-state index < -0.39 is 0 Å². The van der Waals surface area contributed by atoms with Crippen LogP contribution in [-0.4, -0.2) is 25.0 Å². The molecule has 13 heavy (non-hydrogen) atoms. The quantitative estimate of drug-likeness (QED) is 0.621. The van der Waals surface area contributed by atoms with Gasteiger partial charge in [0, 0.05) is 18.2 Å². The minimum Gasteiger partial charge on any atom is -0.348 e. The SMILES string of the molecule is CC(C)=C(C)C(=O)NC1CCNC1. The maximum atomic E-state index is 11.5. The van der Waals surface area contributed by atoms with E-state index in [-0.39, 0.29) is 5.91 Å². The van der Waals surface area contributed by atoms with Crippen LogP contribution in [-0.2, 0) is 4.79 Å². The van der Waals surface area contributed by atoms with Crippen molar-refractivity contribution in [2.45, 2.75) is 33.2 Å². The number of hydrogen-bond acceptors (Lipinski definition) is 2. The summed E-state index contributed by atoms with van der Waals surface area (Å²) < 4.78 is 0. The first-order valence-electron chi connectivity index (χ1n) is 4.77. The van der Waals surface area contributed by atoms with Gasteiger partial charge in [-0.25, -0.2) is 0 Å². The molecule has 1 rings (SSSR count). The van der Waals surface area contributed by atoms with E-state index in [0.29, 0.717) is 6.04 Å². The van der Waals surface area contributed by atoms with E-state index in [0.717, 1.165) is 30.7 Å². The molecule has 1 unspecified atom stereocenters. The van der Waals surface area contributed by atoms with Crippen LogP contribution in [0.1, 0.15) is 27.2 Å². The predicted octanol–water partition coefficient (Wildman–Crippen LogP) is 0.821. The lowest BCUT2D eigenvalue weighted by Gasteiger charge is -2.12. The van der Waals surface area contributed by atoms with E-state index in [4.69, 9.17) is 0 Å². The zero-order chi connectivity index (χ0) is 9.84. The topological polar surface area (TPSA) is 41.1 Å². The van der Waals surface area contributed by atoms with Crippen molar-refractivity contribution in [3.05, 3.63) is 11.1 Å². The summed E-state index contributed by atoms with van der Waals surface area (Å²) >= 11 is 0. The third-order valence-corrected chi connectivity index (χ3v) is 2.49.